The first-order chi connectivity index (χ1) is 4.84. The summed E-state index contributed by atoms with van der Waals surface area (Å²) in [5, 5.41) is 0. The van der Waals surface area contributed by atoms with Gasteiger partial charge in [0.25, 0.3) is 0 Å². The standard InChI is InChI=1S/C6H4O4/c7-4-10-6(8)5-1-2-9-3-5/h1-4H. The third-order valence-electron chi connectivity index (χ3n) is 0.912. The molecule has 0 atom stereocenters. The van der Waals surface area contributed by atoms with E-state index in [1.54, 1.807) is 0 Å². The molecular formula is C6H4O4. The molecule has 4 nitrogen and oxygen atoms in total. The summed E-state index contributed by atoms with van der Waals surface area (Å²) in [6.45, 7) is 0.0787. The van der Waals surface area contributed by atoms with Gasteiger partial charge in [-0.2, -0.15) is 0 Å². The molecule has 1 rings (SSSR count). The van der Waals surface area contributed by atoms with E-state index >= 15 is 0 Å². The summed E-state index contributed by atoms with van der Waals surface area (Å²) in [4.78, 5) is 20.2. The zero-order chi connectivity index (χ0) is 7.40. The van der Waals surface area contributed by atoms with Crippen molar-refractivity contribution in [2.45, 2.75) is 0 Å². The van der Waals surface area contributed by atoms with E-state index in [1.165, 1.54) is 18.6 Å². The Morgan fingerprint density at radius 1 is 1.70 bits per heavy atom. The molecule has 0 fully saturated rings. The average molecular weight is 140 g/mol. The lowest BCUT2D eigenvalue weighted by atomic mass is 10.4. The zero-order valence-corrected chi connectivity index (χ0v) is 4.94. The van der Waals surface area contributed by atoms with Crippen molar-refractivity contribution in [1.82, 2.24) is 0 Å². The molecule has 0 unspecified atom stereocenters. The van der Waals surface area contributed by atoms with E-state index in [-0.39, 0.29) is 12.0 Å². The molecule has 0 amide bonds. The second-order valence-corrected chi connectivity index (χ2v) is 1.51. The monoisotopic (exact) mass is 140 g/mol. The van der Waals surface area contributed by atoms with Crippen LogP contribution in [0.1, 0.15) is 10.4 Å². The summed E-state index contributed by atoms with van der Waals surface area (Å²) < 4.78 is 8.57. The van der Waals surface area contributed by atoms with Crippen molar-refractivity contribution in [3.05, 3.63) is 24.2 Å². The van der Waals surface area contributed by atoms with E-state index in [9.17, 15) is 9.59 Å². The van der Waals surface area contributed by atoms with Gasteiger partial charge in [-0.05, 0) is 6.07 Å². The van der Waals surface area contributed by atoms with Gasteiger partial charge in [-0.15, -0.1) is 0 Å². The molecule has 0 aliphatic carbocycles. The topological polar surface area (TPSA) is 56.5 Å². The molecule has 0 saturated heterocycles. The van der Waals surface area contributed by atoms with Crippen LogP contribution in [0.2, 0.25) is 0 Å². The smallest absolute Gasteiger partial charge is 0.348 e. The lowest BCUT2D eigenvalue weighted by molar-refractivity contribution is -0.123. The van der Waals surface area contributed by atoms with Crippen LogP contribution < -0.4 is 0 Å². The fraction of sp³-hybridized carbons (Fsp3) is 0. The Balaban J connectivity index is 2.68. The van der Waals surface area contributed by atoms with Crippen LogP contribution >= 0.6 is 0 Å². The van der Waals surface area contributed by atoms with Crippen LogP contribution in [0.5, 0.6) is 0 Å². The summed E-state index contributed by atoms with van der Waals surface area (Å²) in [6, 6.07) is 1.41. The quantitative estimate of drug-likeness (QED) is 0.342. The molecule has 0 N–H and O–H groups in total. The van der Waals surface area contributed by atoms with Crippen LogP contribution in [0.15, 0.2) is 23.0 Å². The zero-order valence-electron chi connectivity index (χ0n) is 4.94. The Morgan fingerprint density at radius 3 is 3.00 bits per heavy atom. The number of carbonyl (C=O) groups excluding carboxylic acids is 2. The van der Waals surface area contributed by atoms with E-state index in [1.807, 2.05) is 0 Å². The van der Waals surface area contributed by atoms with Crippen molar-refractivity contribution >= 4 is 12.4 Å². The normalized spacial score (nSPS) is 8.80. The highest BCUT2D eigenvalue weighted by molar-refractivity contribution is 5.92. The number of ether oxygens (including phenoxy) is 1. The van der Waals surface area contributed by atoms with Crippen LogP contribution in [-0.2, 0) is 9.53 Å². The first-order valence-electron chi connectivity index (χ1n) is 2.51. The van der Waals surface area contributed by atoms with Gasteiger partial charge in [0, 0.05) is 0 Å². The lowest BCUT2D eigenvalue weighted by Crippen LogP contribution is -2.00. The van der Waals surface area contributed by atoms with Gasteiger partial charge in [0.1, 0.15) is 6.26 Å². The molecule has 4 heteroatoms. The lowest BCUT2D eigenvalue weighted by Gasteiger charge is -1.87. The van der Waals surface area contributed by atoms with Crippen molar-refractivity contribution in [3.63, 3.8) is 0 Å². The maximum absolute atomic E-state index is 10.6. The van der Waals surface area contributed by atoms with Crippen LogP contribution in [0.3, 0.4) is 0 Å². The fourth-order valence-corrected chi connectivity index (χ4v) is 0.492. The van der Waals surface area contributed by atoms with Gasteiger partial charge in [-0.3, -0.25) is 4.79 Å². The molecule has 0 radical (unpaired) electrons. The van der Waals surface area contributed by atoms with Crippen molar-refractivity contribution in [1.29, 1.82) is 0 Å². The summed E-state index contributed by atoms with van der Waals surface area (Å²) in [6.07, 6.45) is 2.52. The number of esters is 1. The molecule has 0 bridgehead atoms. The second-order valence-electron chi connectivity index (χ2n) is 1.51. The minimum absolute atomic E-state index is 0.0787. The largest absolute Gasteiger partial charge is 0.472 e. The summed E-state index contributed by atoms with van der Waals surface area (Å²) in [5.74, 6) is -0.705. The molecule has 0 spiro atoms. The molecule has 1 aromatic heterocycles. The van der Waals surface area contributed by atoms with Gasteiger partial charge in [-0.1, -0.05) is 0 Å². The van der Waals surface area contributed by atoms with E-state index in [2.05, 4.69) is 9.15 Å². The molecule has 0 aliphatic rings. The number of carbonyl (C=O) groups is 2. The average Bonchev–Trinajstić information content (AvgIpc) is 2.38. The highest BCUT2D eigenvalue weighted by Gasteiger charge is 2.06. The first-order valence-corrected chi connectivity index (χ1v) is 2.51. The molecule has 0 saturated carbocycles. The Bertz CT molecular complexity index is 224. The van der Waals surface area contributed by atoms with Gasteiger partial charge in [0.2, 0.25) is 0 Å². The number of rotatable bonds is 2. The Kier molecular flexibility index (Phi) is 1.84. The van der Waals surface area contributed by atoms with E-state index in [0.717, 1.165) is 0 Å². The molecule has 1 aromatic rings. The Labute approximate surface area is 56.4 Å². The van der Waals surface area contributed by atoms with Gasteiger partial charge >= 0.3 is 12.4 Å². The predicted octanol–water partition coefficient (Wildman–Crippen LogP) is 0.593. The SMILES string of the molecule is O=COC(=O)c1ccoc1. The molecule has 10 heavy (non-hydrogen) atoms. The number of hydrogen-bond acceptors (Lipinski definition) is 4. The minimum atomic E-state index is -0.705. The summed E-state index contributed by atoms with van der Waals surface area (Å²) in [5.41, 5.74) is 0.229. The third kappa shape index (κ3) is 1.22. The van der Waals surface area contributed by atoms with Crippen molar-refractivity contribution in [3.8, 4) is 0 Å². The van der Waals surface area contributed by atoms with Gasteiger partial charge in [0.05, 0.1) is 11.8 Å². The molecule has 0 aromatic carbocycles. The van der Waals surface area contributed by atoms with Crippen LogP contribution in [-0.4, -0.2) is 12.4 Å². The van der Waals surface area contributed by atoms with Gasteiger partial charge in [0.15, 0.2) is 0 Å². The van der Waals surface area contributed by atoms with Crippen LogP contribution in [0.25, 0.3) is 0 Å². The van der Waals surface area contributed by atoms with Crippen LogP contribution in [0.4, 0.5) is 0 Å². The number of hydrogen-bond donors (Lipinski definition) is 0. The fourth-order valence-electron chi connectivity index (χ4n) is 0.492. The molecule has 52 valence electrons. The van der Waals surface area contributed by atoms with E-state index < -0.39 is 5.97 Å². The maximum Gasteiger partial charge on any atom is 0.348 e. The predicted molar refractivity (Wildman–Crippen MR) is 30.2 cm³/mol. The van der Waals surface area contributed by atoms with E-state index in [0.29, 0.717) is 0 Å². The van der Waals surface area contributed by atoms with Crippen molar-refractivity contribution < 1.29 is 18.7 Å². The van der Waals surface area contributed by atoms with E-state index in [4.69, 9.17) is 0 Å². The third-order valence-corrected chi connectivity index (χ3v) is 0.912. The van der Waals surface area contributed by atoms with Crippen molar-refractivity contribution in [2.75, 3.05) is 0 Å². The minimum Gasteiger partial charge on any atom is -0.472 e. The van der Waals surface area contributed by atoms with Crippen LogP contribution in [0, 0.1) is 0 Å². The van der Waals surface area contributed by atoms with Gasteiger partial charge < -0.3 is 9.15 Å². The molecule has 0 aliphatic heterocycles. The Morgan fingerprint density at radius 2 is 2.50 bits per heavy atom. The molecule has 1 heterocycles. The highest BCUT2D eigenvalue weighted by atomic mass is 16.6. The van der Waals surface area contributed by atoms with Gasteiger partial charge in [-0.25, -0.2) is 4.79 Å². The second kappa shape index (κ2) is 2.82. The first kappa shape index (κ1) is 6.54. The van der Waals surface area contributed by atoms with Crippen molar-refractivity contribution in [2.24, 2.45) is 0 Å². The summed E-state index contributed by atoms with van der Waals surface area (Å²) in [7, 11) is 0. The molecular weight excluding hydrogens is 136 g/mol. The number of furan rings is 1. The summed E-state index contributed by atoms with van der Waals surface area (Å²) >= 11 is 0. The highest BCUT2D eigenvalue weighted by Crippen LogP contribution is 2.00. The Hall–Kier alpha value is -1.58. The maximum atomic E-state index is 10.6.